The first kappa shape index (κ1) is 21.2. The summed E-state index contributed by atoms with van der Waals surface area (Å²) < 4.78 is 46.6. The topological polar surface area (TPSA) is 13.1 Å². The fraction of sp³-hybridized carbons (Fsp3) is 0.0323. The van der Waals surface area contributed by atoms with Crippen LogP contribution in [0.25, 0.3) is 55.3 Å². The van der Waals surface area contributed by atoms with Crippen molar-refractivity contribution in [2.24, 2.45) is 0 Å². The van der Waals surface area contributed by atoms with Crippen molar-refractivity contribution in [1.29, 1.82) is 0 Å². The van der Waals surface area contributed by atoms with Crippen molar-refractivity contribution in [1.82, 2.24) is 0 Å². The summed E-state index contributed by atoms with van der Waals surface area (Å²) in [5, 5.41) is 0.568. The number of benzene rings is 5. The van der Waals surface area contributed by atoms with Gasteiger partial charge in [0.15, 0.2) is 0 Å². The Kier molecular flexibility index (Phi) is 4.96. The fourth-order valence-corrected chi connectivity index (χ4v) is 4.58. The molecule has 0 aliphatic rings. The van der Waals surface area contributed by atoms with E-state index in [-0.39, 0.29) is 11.0 Å². The molecule has 0 aliphatic heterocycles. The van der Waals surface area contributed by atoms with E-state index in [2.05, 4.69) is 36.4 Å². The minimum absolute atomic E-state index is 0.104. The van der Waals surface area contributed by atoms with Crippen LogP contribution in [0, 0.1) is 0 Å². The molecule has 0 aliphatic carbocycles. The summed E-state index contributed by atoms with van der Waals surface area (Å²) in [6.45, 7) is 0. The van der Waals surface area contributed by atoms with Crippen molar-refractivity contribution in [3.8, 4) is 33.4 Å². The Labute approximate surface area is 200 Å². The highest BCUT2D eigenvalue weighted by atomic mass is 19.4. The van der Waals surface area contributed by atoms with Crippen molar-refractivity contribution >= 4 is 21.9 Å². The Morgan fingerprint density at radius 3 is 1.54 bits per heavy atom. The lowest BCUT2D eigenvalue weighted by molar-refractivity contribution is -0.136. The van der Waals surface area contributed by atoms with Crippen molar-refractivity contribution < 1.29 is 17.6 Å². The van der Waals surface area contributed by atoms with E-state index < -0.39 is 11.7 Å². The van der Waals surface area contributed by atoms with Crippen LogP contribution in [0.4, 0.5) is 13.2 Å². The number of alkyl halides is 3. The summed E-state index contributed by atoms with van der Waals surface area (Å²) in [4.78, 5) is 0. The average Bonchev–Trinajstić information content (AvgIpc) is 3.27. The molecule has 1 aromatic heterocycles. The van der Waals surface area contributed by atoms with Crippen molar-refractivity contribution in [2.45, 2.75) is 6.18 Å². The van der Waals surface area contributed by atoms with E-state index >= 15 is 0 Å². The molecule has 0 fully saturated rings. The van der Waals surface area contributed by atoms with Gasteiger partial charge in [-0.2, -0.15) is 13.2 Å². The summed E-state index contributed by atoms with van der Waals surface area (Å²) in [7, 11) is 0. The number of halogens is 3. The van der Waals surface area contributed by atoms with Gasteiger partial charge in [0.25, 0.3) is 0 Å². The molecular formula is C31H19F3O. The Balaban J connectivity index is 1.35. The monoisotopic (exact) mass is 464 g/mol. The maximum atomic E-state index is 13.6. The predicted octanol–water partition coefficient (Wildman–Crippen LogP) is 9.61. The molecular weight excluding hydrogens is 445 g/mol. The molecule has 5 aromatic carbocycles. The van der Waals surface area contributed by atoms with Crippen LogP contribution in [-0.4, -0.2) is 0 Å². The molecule has 6 rings (SSSR count). The van der Waals surface area contributed by atoms with Gasteiger partial charge in [-0.15, -0.1) is 0 Å². The van der Waals surface area contributed by atoms with Gasteiger partial charge in [-0.05, 0) is 57.6 Å². The molecule has 0 atom stereocenters. The summed E-state index contributed by atoms with van der Waals surface area (Å²) in [6.07, 6.45) is -4.45. The number of rotatable bonds is 3. The quantitative estimate of drug-likeness (QED) is 0.254. The van der Waals surface area contributed by atoms with Crippen molar-refractivity contribution in [3.05, 3.63) is 121 Å². The molecule has 170 valence electrons. The van der Waals surface area contributed by atoms with Crippen LogP contribution in [-0.2, 0) is 6.18 Å². The summed E-state index contributed by atoms with van der Waals surface area (Å²) >= 11 is 0. The maximum absolute atomic E-state index is 13.6. The Morgan fingerprint density at radius 1 is 0.457 bits per heavy atom. The van der Waals surface area contributed by atoms with Crippen LogP contribution >= 0.6 is 0 Å². The van der Waals surface area contributed by atoms with Gasteiger partial charge in [0.2, 0.25) is 0 Å². The Hall–Kier alpha value is -4.31. The number of hydrogen-bond donors (Lipinski definition) is 0. The smallest absolute Gasteiger partial charge is 0.417 e. The highest BCUT2D eigenvalue weighted by Crippen LogP contribution is 2.41. The fourth-order valence-electron chi connectivity index (χ4n) is 4.58. The molecule has 0 saturated carbocycles. The van der Waals surface area contributed by atoms with E-state index in [0.717, 1.165) is 33.9 Å². The lowest BCUT2D eigenvalue weighted by atomic mass is 9.97. The second kappa shape index (κ2) is 8.17. The van der Waals surface area contributed by atoms with Gasteiger partial charge in [-0.25, -0.2) is 0 Å². The van der Waals surface area contributed by atoms with Crippen LogP contribution in [0.2, 0.25) is 0 Å². The minimum atomic E-state index is -4.45. The van der Waals surface area contributed by atoms with E-state index in [9.17, 15) is 13.2 Å². The Morgan fingerprint density at radius 2 is 0.971 bits per heavy atom. The van der Waals surface area contributed by atoms with E-state index in [1.165, 1.54) is 11.6 Å². The van der Waals surface area contributed by atoms with Crippen molar-refractivity contribution in [3.63, 3.8) is 0 Å². The second-order valence-corrected chi connectivity index (χ2v) is 8.51. The average molecular weight is 464 g/mol. The normalized spacial score (nSPS) is 11.9. The Bertz CT molecular complexity index is 1640. The van der Waals surface area contributed by atoms with Gasteiger partial charge in [0.1, 0.15) is 11.2 Å². The highest BCUT2D eigenvalue weighted by molar-refractivity contribution is 6.08. The summed E-state index contributed by atoms with van der Waals surface area (Å²) in [6, 6.07) is 36.1. The molecule has 0 N–H and O–H groups in total. The molecule has 0 radical (unpaired) electrons. The van der Waals surface area contributed by atoms with Gasteiger partial charge >= 0.3 is 6.18 Å². The molecule has 0 bridgehead atoms. The van der Waals surface area contributed by atoms with Gasteiger partial charge in [-0.3, -0.25) is 0 Å². The summed E-state index contributed by atoms with van der Waals surface area (Å²) in [5.41, 5.74) is 6.26. The van der Waals surface area contributed by atoms with Gasteiger partial charge < -0.3 is 4.42 Å². The summed E-state index contributed by atoms with van der Waals surface area (Å²) in [5.74, 6) is 0. The standard InChI is InChI=1S/C31H19F3O/c32-31(33,34)27-7-4-8-29-30(27)26-19-25(17-18-28(26)35-29)24-15-13-23(14-16-24)22-11-9-21(10-12-22)20-5-2-1-3-6-20/h1-19H. The molecule has 0 amide bonds. The first-order chi connectivity index (χ1) is 17.0. The maximum Gasteiger partial charge on any atom is 0.417 e. The first-order valence-electron chi connectivity index (χ1n) is 11.3. The SMILES string of the molecule is FC(F)(F)c1cccc2oc3ccc(-c4ccc(-c5ccc(-c6ccccc6)cc5)cc4)cc3c12. The van der Waals surface area contributed by atoms with Gasteiger partial charge in [0.05, 0.1) is 5.56 Å². The molecule has 35 heavy (non-hydrogen) atoms. The predicted molar refractivity (Wildman–Crippen MR) is 135 cm³/mol. The number of furan rings is 1. The second-order valence-electron chi connectivity index (χ2n) is 8.51. The zero-order valence-corrected chi connectivity index (χ0v) is 18.5. The molecule has 0 spiro atoms. The lowest BCUT2D eigenvalue weighted by Crippen LogP contribution is -2.04. The largest absolute Gasteiger partial charge is 0.456 e. The van der Waals surface area contributed by atoms with Gasteiger partial charge in [0, 0.05) is 10.8 Å². The van der Waals surface area contributed by atoms with E-state index in [0.29, 0.717) is 11.0 Å². The minimum Gasteiger partial charge on any atom is -0.456 e. The zero-order chi connectivity index (χ0) is 24.0. The van der Waals surface area contributed by atoms with E-state index in [1.807, 2.05) is 48.5 Å². The molecule has 1 nitrogen and oxygen atoms in total. The van der Waals surface area contributed by atoms with E-state index in [1.54, 1.807) is 18.2 Å². The van der Waals surface area contributed by atoms with E-state index in [4.69, 9.17) is 4.42 Å². The van der Waals surface area contributed by atoms with Crippen LogP contribution in [0.1, 0.15) is 5.56 Å². The zero-order valence-electron chi connectivity index (χ0n) is 18.5. The van der Waals surface area contributed by atoms with Crippen LogP contribution in [0.15, 0.2) is 120 Å². The molecule has 6 aromatic rings. The molecule has 4 heteroatoms. The lowest BCUT2D eigenvalue weighted by Gasteiger charge is -2.08. The third-order valence-electron chi connectivity index (χ3n) is 6.34. The molecule has 1 heterocycles. The van der Waals surface area contributed by atoms with Gasteiger partial charge in [-0.1, -0.05) is 91.0 Å². The molecule has 0 saturated heterocycles. The third-order valence-corrected chi connectivity index (χ3v) is 6.34. The number of fused-ring (bicyclic) bond motifs is 3. The molecule has 0 unspecified atom stereocenters. The van der Waals surface area contributed by atoms with Crippen LogP contribution in [0.5, 0.6) is 0 Å². The first-order valence-corrected chi connectivity index (χ1v) is 11.3. The highest BCUT2D eigenvalue weighted by Gasteiger charge is 2.34. The third kappa shape index (κ3) is 3.87. The van der Waals surface area contributed by atoms with Crippen LogP contribution < -0.4 is 0 Å². The van der Waals surface area contributed by atoms with Crippen LogP contribution in [0.3, 0.4) is 0 Å². The van der Waals surface area contributed by atoms with Crippen molar-refractivity contribution in [2.75, 3.05) is 0 Å². The number of hydrogen-bond acceptors (Lipinski definition) is 1.